The van der Waals surface area contributed by atoms with E-state index in [-0.39, 0.29) is 40.4 Å². The largest absolute Gasteiger partial charge is 0.354 e. The summed E-state index contributed by atoms with van der Waals surface area (Å²) >= 11 is 12.3. The summed E-state index contributed by atoms with van der Waals surface area (Å²) in [6.45, 7) is 5.44. The molecule has 3 aromatic carbocycles. The van der Waals surface area contributed by atoms with Crippen LogP contribution in [-0.4, -0.2) is 44.3 Å². The van der Waals surface area contributed by atoms with Gasteiger partial charge in [0.15, 0.2) is 0 Å². The lowest BCUT2D eigenvalue weighted by Gasteiger charge is -2.33. The number of benzene rings is 3. The second-order valence-corrected chi connectivity index (χ2v) is 12.3. The van der Waals surface area contributed by atoms with Gasteiger partial charge < -0.3 is 10.2 Å². The SMILES string of the molecule is CC[C@H](C(=O)NCC(C)C)N(Cc1ccc(Cl)c(Cl)c1)C(=O)CN(c1ccc(F)cc1)S(=O)(=O)c1ccccc1. The van der Waals surface area contributed by atoms with Gasteiger partial charge >= 0.3 is 0 Å². The molecule has 3 rings (SSSR count). The Hall–Kier alpha value is -3.14. The number of halogens is 3. The first-order chi connectivity index (χ1) is 18.9. The summed E-state index contributed by atoms with van der Waals surface area (Å²) in [6.07, 6.45) is 0.277. The third-order valence-corrected chi connectivity index (χ3v) is 8.66. The monoisotopic (exact) mass is 607 g/mol. The quantitative estimate of drug-likeness (QED) is 0.277. The van der Waals surface area contributed by atoms with Crippen molar-refractivity contribution in [3.63, 3.8) is 0 Å². The van der Waals surface area contributed by atoms with Gasteiger partial charge in [0.1, 0.15) is 18.4 Å². The molecule has 0 fully saturated rings. The second-order valence-electron chi connectivity index (χ2n) is 9.63. The molecule has 7 nitrogen and oxygen atoms in total. The molecule has 0 bridgehead atoms. The molecule has 0 radical (unpaired) electrons. The fourth-order valence-electron chi connectivity index (χ4n) is 4.03. The third-order valence-electron chi connectivity index (χ3n) is 6.13. The van der Waals surface area contributed by atoms with Crippen molar-refractivity contribution in [2.75, 3.05) is 17.4 Å². The van der Waals surface area contributed by atoms with Crippen LogP contribution >= 0.6 is 23.2 Å². The van der Waals surface area contributed by atoms with E-state index in [2.05, 4.69) is 5.32 Å². The van der Waals surface area contributed by atoms with Crippen molar-refractivity contribution in [3.8, 4) is 0 Å². The van der Waals surface area contributed by atoms with Gasteiger partial charge in [0.25, 0.3) is 10.0 Å². The maximum Gasteiger partial charge on any atom is 0.264 e. The van der Waals surface area contributed by atoms with Crippen molar-refractivity contribution in [1.82, 2.24) is 10.2 Å². The van der Waals surface area contributed by atoms with E-state index in [0.717, 1.165) is 16.4 Å². The second kappa shape index (κ2) is 14.0. The molecule has 0 aliphatic carbocycles. The van der Waals surface area contributed by atoms with Gasteiger partial charge in [0, 0.05) is 13.1 Å². The van der Waals surface area contributed by atoms with Crippen LogP contribution in [0.15, 0.2) is 77.7 Å². The zero-order chi connectivity index (χ0) is 29.4. The van der Waals surface area contributed by atoms with E-state index in [4.69, 9.17) is 23.2 Å². The Kier molecular flexibility index (Phi) is 11.0. The minimum atomic E-state index is -4.23. The molecule has 40 heavy (non-hydrogen) atoms. The van der Waals surface area contributed by atoms with Gasteiger partial charge in [-0.15, -0.1) is 0 Å². The summed E-state index contributed by atoms with van der Waals surface area (Å²) in [7, 11) is -4.23. The van der Waals surface area contributed by atoms with Gasteiger partial charge in [-0.1, -0.05) is 68.2 Å². The molecule has 0 aliphatic heterocycles. The van der Waals surface area contributed by atoms with Crippen LogP contribution in [0.1, 0.15) is 32.8 Å². The van der Waals surface area contributed by atoms with Crippen LogP contribution in [0.3, 0.4) is 0 Å². The number of sulfonamides is 1. The Balaban J connectivity index is 2.04. The summed E-state index contributed by atoms with van der Waals surface area (Å²) < 4.78 is 42.1. The number of amides is 2. The highest BCUT2D eigenvalue weighted by molar-refractivity contribution is 7.92. The smallest absolute Gasteiger partial charge is 0.264 e. The van der Waals surface area contributed by atoms with E-state index in [1.807, 2.05) is 13.8 Å². The lowest BCUT2D eigenvalue weighted by Crippen LogP contribution is -2.52. The van der Waals surface area contributed by atoms with Crippen LogP contribution in [0.2, 0.25) is 10.0 Å². The van der Waals surface area contributed by atoms with Crippen molar-refractivity contribution >= 4 is 50.7 Å². The number of carbonyl (C=O) groups excluding carboxylic acids is 2. The maximum absolute atomic E-state index is 14.0. The van der Waals surface area contributed by atoms with Crippen LogP contribution in [0.5, 0.6) is 0 Å². The molecule has 0 saturated carbocycles. The van der Waals surface area contributed by atoms with Crippen LogP contribution in [0.25, 0.3) is 0 Å². The Morgan fingerprint density at radius 3 is 2.17 bits per heavy atom. The van der Waals surface area contributed by atoms with Crippen molar-refractivity contribution in [3.05, 3.63) is 94.2 Å². The zero-order valence-corrected chi connectivity index (χ0v) is 24.8. The first-order valence-electron chi connectivity index (χ1n) is 12.8. The lowest BCUT2D eigenvalue weighted by molar-refractivity contribution is -0.140. The van der Waals surface area contributed by atoms with E-state index >= 15 is 0 Å². The molecule has 0 aliphatic rings. The molecule has 0 heterocycles. The molecule has 0 unspecified atom stereocenters. The predicted molar refractivity (Wildman–Crippen MR) is 156 cm³/mol. The van der Waals surface area contributed by atoms with Crippen molar-refractivity contribution in [2.24, 2.45) is 5.92 Å². The molecule has 0 aromatic heterocycles. The number of anilines is 1. The summed E-state index contributed by atoms with van der Waals surface area (Å²) in [5.74, 6) is -1.35. The summed E-state index contributed by atoms with van der Waals surface area (Å²) in [5.41, 5.74) is 0.711. The van der Waals surface area contributed by atoms with E-state index in [9.17, 15) is 22.4 Å². The lowest BCUT2D eigenvalue weighted by atomic mass is 10.1. The van der Waals surface area contributed by atoms with Crippen LogP contribution in [-0.2, 0) is 26.2 Å². The minimum absolute atomic E-state index is 0.0219. The third kappa shape index (κ3) is 7.96. The molecule has 0 saturated heterocycles. The number of carbonyl (C=O) groups is 2. The number of nitrogens with zero attached hydrogens (tertiary/aromatic N) is 2. The van der Waals surface area contributed by atoms with Crippen molar-refractivity contribution in [2.45, 2.75) is 44.7 Å². The molecule has 11 heteroatoms. The van der Waals surface area contributed by atoms with Gasteiger partial charge in [0.05, 0.1) is 20.6 Å². The summed E-state index contributed by atoms with van der Waals surface area (Å²) in [5, 5.41) is 3.48. The van der Waals surface area contributed by atoms with Gasteiger partial charge in [-0.25, -0.2) is 12.8 Å². The molecule has 3 aromatic rings. The van der Waals surface area contributed by atoms with Crippen molar-refractivity contribution in [1.29, 1.82) is 0 Å². The van der Waals surface area contributed by atoms with E-state index < -0.39 is 34.3 Å². The molecule has 214 valence electrons. The molecular formula is C29H32Cl2FN3O4S. The predicted octanol–water partition coefficient (Wildman–Crippen LogP) is 5.91. The molecule has 0 spiro atoms. The fraction of sp³-hybridized carbons (Fsp3) is 0.310. The first kappa shape index (κ1) is 31.4. The topological polar surface area (TPSA) is 86.8 Å². The molecule has 2 amide bonds. The number of hydrogen-bond acceptors (Lipinski definition) is 4. The highest BCUT2D eigenvalue weighted by atomic mass is 35.5. The van der Waals surface area contributed by atoms with Crippen LogP contribution < -0.4 is 9.62 Å². The Morgan fingerprint density at radius 1 is 0.950 bits per heavy atom. The highest BCUT2D eigenvalue weighted by Gasteiger charge is 2.33. The Bertz CT molecular complexity index is 1420. The van der Waals surface area contributed by atoms with Crippen LogP contribution in [0, 0.1) is 11.7 Å². The van der Waals surface area contributed by atoms with Gasteiger partial charge in [-0.2, -0.15) is 0 Å². The van der Waals surface area contributed by atoms with Gasteiger partial charge in [-0.3, -0.25) is 13.9 Å². The number of nitrogens with one attached hydrogen (secondary N) is 1. The summed E-state index contributed by atoms with van der Waals surface area (Å²) in [6, 6.07) is 16.4. The molecule has 1 atom stereocenters. The highest BCUT2D eigenvalue weighted by Crippen LogP contribution is 2.27. The van der Waals surface area contributed by atoms with E-state index in [1.54, 1.807) is 43.3 Å². The molecular weight excluding hydrogens is 576 g/mol. The van der Waals surface area contributed by atoms with E-state index in [0.29, 0.717) is 17.1 Å². The Labute approximate surface area is 244 Å². The zero-order valence-electron chi connectivity index (χ0n) is 22.5. The van der Waals surface area contributed by atoms with Gasteiger partial charge in [-0.05, 0) is 66.4 Å². The fourth-order valence-corrected chi connectivity index (χ4v) is 5.79. The average Bonchev–Trinajstić information content (AvgIpc) is 2.93. The number of rotatable bonds is 12. The van der Waals surface area contributed by atoms with Crippen molar-refractivity contribution < 1.29 is 22.4 Å². The average molecular weight is 609 g/mol. The number of hydrogen-bond donors (Lipinski definition) is 1. The van der Waals surface area contributed by atoms with Gasteiger partial charge in [0.2, 0.25) is 11.8 Å². The van der Waals surface area contributed by atoms with Crippen LogP contribution in [0.4, 0.5) is 10.1 Å². The standard InChI is InChI=1S/C29H32Cl2FN3O4S/c1-4-27(29(37)33-17-20(2)3)34(18-21-10-15-25(30)26(31)16-21)28(36)19-35(23-13-11-22(32)12-14-23)40(38,39)24-8-6-5-7-9-24/h5-16,20,27H,4,17-19H2,1-3H3,(H,33,37)/t27-/m1/s1. The summed E-state index contributed by atoms with van der Waals surface area (Å²) in [4.78, 5) is 28.5. The van der Waals surface area contributed by atoms with E-state index in [1.165, 1.54) is 29.2 Å². The first-order valence-corrected chi connectivity index (χ1v) is 15.0. The normalized spacial score (nSPS) is 12.2. The Morgan fingerprint density at radius 2 is 1.60 bits per heavy atom. The molecule has 1 N–H and O–H groups in total. The minimum Gasteiger partial charge on any atom is -0.354 e. The maximum atomic E-state index is 14.0.